The van der Waals surface area contributed by atoms with Gasteiger partial charge in [-0.3, -0.25) is 14.9 Å². The van der Waals surface area contributed by atoms with Crippen LogP contribution in [-0.4, -0.2) is 24.0 Å². The molecule has 132 valence electrons. The van der Waals surface area contributed by atoms with E-state index in [-0.39, 0.29) is 11.6 Å². The number of nitro benzene ring substituents is 1. The van der Waals surface area contributed by atoms with E-state index in [2.05, 4.69) is 10.6 Å². The standard InChI is InChI=1S/C17H18ClN3O4/c1-10-7-15(16(25-3)9-14(10)18)19-11(2)17(22)20-12-5-4-6-13(8-12)21(23)24/h4-9,11,19H,1-3H3,(H,20,22). The van der Waals surface area contributed by atoms with Gasteiger partial charge in [0, 0.05) is 28.9 Å². The van der Waals surface area contributed by atoms with Crippen LogP contribution in [0.4, 0.5) is 17.1 Å². The molecule has 0 radical (unpaired) electrons. The number of nitrogens with zero attached hydrogens (tertiary/aromatic N) is 1. The van der Waals surface area contributed by atoms with E-state index in [0.717, 1.165) is 5.56 Å². The first-order chi connectivity index (χ1) is 11.8. The third kappa shape index (κ3) is 4.60. The molecule has 7 nitrogen and oxygen atoms in total. The number of nitrogens with one attached hydrogen (secondary N) is 2. The Balaban J connectivity index is 2.12. The van der Waals surface area contributed by atoms with Crippen molar-refractivity contribution in [2.45, 2.75) is 19.9 Å². The summed E-state index contributed by atoms with van der Waals surface area (Å²) in [5.41, 5.74) is 1.74. The summed E-state index contributed by atoms with van der Waals surface area (Å²) in [6.07, 6.45) is 0. The summed E-state index contributed by atoms with van der Waals surface area (Å²) in [5.74, 6) is 0.181. The third-order valence-electron chi connectivity index (χ3n) is 3.57. The molecule has 0 spiro atoms. The molecule has 2 rings (SSSR count). The van der Waals surface area contributed by atoms with Crippen LogP contribution in [0.1, 0.15) is 12.5 Å². The van der Waals surface area contributed by atoms with Crippen molar-refractivity contribution in [3.05, 3.63) is 57.1 Å². The molecule has 0 fully saturated rings. The SMILES string of the molecule is COc1cc(Cl)c(C)cc1NC(C)C(=O)Nc1cccc([N+](=O)[O-])c1. The largest absolute Gasteiger partial charge is 0.495 e. The van der Waals surface area contributed by atoms with E-state index in [0.29, 0.717) is 22.1 Å². The second-order valence-corrected chi connectivity index (χ2v) is 5.87. The summed E-state index contributed by atoms with van der Waals surface area (Å²) in [5, 5.41) is 17.1. The van der Waals surface area contributed by atoms with Crippen LogP contribution in [0, 0.1) is 17.0 Å². The van der Waals surface area contributed by atoms with Gasteiger partial charge in [0.2, 0.25) is 5.91 Å². The minimum atomic E-state index is -0.603. The fraction of sp³-hybridized carbons (Fsp3) is 0.235. The predicted octanol–water partition coefficient (Wildman–Crippen LogP) is 4.00. The molecule has 0 aliphatic rings. The zero-order chi connectivity index (χ0) is 18.6. The molecule has 0 heterocycles. The van der Waals surface area contributed by atoms with Gasteiger partial charge in [0.25, 0.3) is 5.69 Å². The van der Waals surface area contributed by atoms with Gasteiger partial charge in [0.15, 0.2) is 0 Å². The molecule has 25 heavy (non-hydrogen) atoms. The normalized spacial score (nSPS) is 11.5. The summed E-state index contributed by atoms with van der Waals surface area (Å²) in [6, 6.07) is 8.62. The summed E-state index contributed by atoms with van der Waals surface area (Å²) in [6.45, 7) is 3.52. The molecule has 2 N–H and O–H groups in total. The molecule has 0 saturated heterocycles. The first-order valence-corrected chi connectivity index (χ1v) is 7.85. The number of non-ortho nitro benzene ring substituents is 1. The minimum absolute atomic E-state index is 0.0894. The number of amides is 1. The highest BCUT2D eigenvalue weighted by molar-refractivity contribution is 6.31. The van der Waals surface area contributed by atoms with E-state index < -0.39 is 11.0 Å². The molecule has 8 heteroatoms. The van der Waals surface area contributed by atoms with Crippen LogP contribution in [0.15, 0.2) is 36.4 Å². The number of benzene rings is 2. The molecule has 0 aliphatic heterocycles. The number of anilines is 2. The number of aryl methyl sites for hydroxylation is 1. The Labute approximate surface area is 150 Å². The average molecular weight is 364 g/mol. The Morgan fingerprint density at radius 3 is 2.68 bits per heavy atom. The van der Waals surface area contributed by atoms with Crippen LogP contribution in [0.3, 0.4) is 0 Å². The van der Waals surface area contributed by atoms with Crippen molar-refractivity contribution in [1.29, 1.82) is 0 Å². The van der Waals surface area contributed by atoms with Gasteiger partial charge < -0.3 is 15.4 Å². The topological polar surface area (TPSA) is 93.5 Å². The summed E-state index contributed by atoms with van der Waals surface area (Å²) in [7, 11) is 1.51. The van der Waals surface area contributed by atoms with E-state index in [9.17, 15) is 14.9 Å². The number of halogens is 1. The van der Waals surface area contributed by atoms with Gasteiger partial charge in [-0.05, 0) is 31.5 Å². The number of nitro groups is 1. The van der Waals surface area contributed by atoms with Crippen molar-refractivity contribution < 1.29 is 14.5 Å². The zero-order valence-electron chi connectivity index (χ0n) is 14.0. The molecule has 2 aromatic carbocycles. The molecular weight excluding hydrogens is 346 g/mol. The lowest BCUT2D eigenvalue weighted by Crippen LogP contribution is -2.32. The Kier molecular flexibility index (Phi) is 5.82. The van der Waals surface area contributed by atoms with Gasteiger partial charge in [0.05, 0.1) is 17.7 Å². The number of carbonyl (C=O) groups excluding carboxylic acids is 1. The minimum Gasteiger partial charge on any atom is -0.495 e. The lowest BCUT2D eigenvalue weighted by Gasteiger charge is -2.18. The number of methoxy groups -OCH3 is 1. The smallest absolute Gasteiger partial charge is 0.271 e. The number of carbonyl (C=O) groups is 1. The number of ether oxygens (including phenoxy) is 1. The fourth-order valence-corrected chi connectivity index (χ4v) is 2.35. The first kappa shape index (κ1) is 18.5. The van der Waals surface area contributed by atoms with Crippen molar-refractivity contribution in [2.24, 2.45) is 0 Å². The van der Waals surface area contributed by atoms with Crippen molar-refractivity contribution in [1.82, 2.24) is 0 Å². The molecule has 2 aromatic rings. The Morgan fingerprint density at radius 1 is 1.32 bits per heavy atom. The molecule has 1 amide bonds. The van der Waals surface area contributed by atoms with Crippen LogP contribution in [0.2, 0.25) is 5.02 Å². The second-order valence-electron chi connectivity index (χ2n) is 5.46. The highest BCUT2D eigenvalue weighted by atomic mass is 35.5. The predicted molar refractivity (Wildman–Crippen MR) is 97.6 cm³/mol. The Hall–Kier alpha value is -2.80. The maximum atomic E-state index is 12.3. The Morgan fingerprint density at radius 2 is 2.04 bits per heavy atom. The second kappa shape index (κ2) is 7.85. The first-order valence-electron chi connectivity index (χ1n) is 7.48. The van der Waals surface area contributed by atoms with Gasteiger partial charge in [-0.15, -0.1) is 0 Å². The van der Waals surface area contributed by atoms with Crippen molar-refractivity contribution in [3.8, 4) is 5.75 Å². The number of rotatable bonds is 6. The van der Waals surface area contributed by atoms with Crippen molar-refractivity contribution in [2.75, 3.05) is 17.7 Å². The molecule has 1 atom stereocenters. The van der Waals surface area contributed by atoms with Gasteiger partial charge in [-0.1, -0.05) is 17.7 Å². The zero-order valence-corrected chi connectivity index (χ0v) is 14.8. The van der Waals surface area contributed by atoms with Crippen LogP contribution >= 0.6 is 11.6 Å². The van der Waals surface area contributed by atoms with Crippen molar-refractivity contribution in [3.63, 3.8) is 0 Å². The molecule has 1 unspecified atom stereocenters. The van der Waals surface area contributed by atoms with Crippen molar-refractivity contribution >= 4 is 34.6 Å². The van der Waals surface area contributed by atoms with Crippen LogP contribution in [-0.2, 0) is 4.79 Å². The average Bonchev–Trinajstić information content (AvgIpc) is 2.58. The fourth-order valence-electron chi connectivity index (χ4n) is 2.19. The maximum absolute atomic E-state index is 12.3. The number of hydrogen-bond acceptors (Lipinski definition) is 5. The van der Waals surface area contributed by atoms with Gasteiger partial charge in [0.1, 0.15) is 11.8 Å². The summed E-state index contributed by atoms with van der Waals surface area (Å²) < 4.78 is 5.27. The lowest BCUT2D eigenvalue weighted by atomic mass is 10.2. The van der Waals surface area contributed by atoms with E-state index >= 15 is 0 Å². The molecule has 0 aromatic heterocycles. The molecule has 0 bridgehead atoms. The van der Waals surface area contributed by atoms with Gasteiger partial charge >= 0.3 is 0 Å². The lowest BCUT2D eigenvalue weighted by molar-refractivity contribution is -0.384. The van der Waals surface area contributed by atoms with E-state index in [1.165, 1.54) is 25.3 Å². The molecule has 0 saturated carbocycles. The third-order valence-corrected chi connectivity index (χ3v) is 3.98. The summed E-state index contributed by atoms with van der Waals surface area (Å²) >= 11 is 6.07. The van der Waals surface area contributed by atoms with Crippen LogP contribution in [0.25, 0.3) is 0 Å². The quantitative estimate of drug-likeness (QED) is 0.597. The van der Waals surface area contributed by atoms with E-state index in [1.54, 1.807) is 25.1 Å². The van der Waals surface area contributed by atoms with Crippen LogP contribution in [0.5, 0.6) is 5.75 Å². The van der Waals surface area contributed by atoms with Crippen LogP contribution < -0.4 is 15.4 Å². The monoisotopic (exact) mass is 363 g/mol. The molecular formula is C17H18ClN3O4. The molecule has 0 aliphatic carbocycles. The Bertz CT molecular complexity index is 810. The number of hydrogen-bond donors (Lipinski definition) is 2. The van der Waals surface area contributed by atoms with Gasteiger partial charge in [-0.2, -0.15) is 0 Å². The van der Waals surface area contributed by atoms with E-state index in [4.69, 9.17) is 16.3 Å². The maximum Gasteiger partial charge on any atom is 0.271 e. The van der Waals surface area contributed by atoms with E-state index in [1.807, 2.05) is 6.92 Å². The summed E-state index contributed by atoms with van der Waals surface area (Å²) in [4.78, 5) is 22.6. The highest BCUT2D eigenvalue weighted by Gasteiger charge is 2.17. The highest BCUT2D eigenvalue weighted by Crippen LogP contribution is 2.31. The van der Waals surface area contributed by atoms with Gasteiger partial charge in [-0.25, -0.2) is 0 Å².